The van der Waals surface area contributed by atoms with Crippen LogP contribution in [0.2, 0.25) is 0 Å². The van der Waals surface area contributed by atoms with Gasteiger partial charge in [0.2, 0.25) is 0 Å². The Balaban J connectivity index is 2.03. The second-order valence-corrected chi connectivity index (χ2v) is 4.55. The summed E-state index contributed by atoms with van der Waals surface area (Å²) in [5, 5.41) is 0. The molecule has 3 N–H and O–H groups in total. The fraction of sp³-hybridized carbons (Fsp3) is 0.333. The summed E-state index contributed by atoms with van der Waals surface area (Å²) >= 11 is 0. The van der Waals surface area contributed by atoms with Crippen molar-refractivity contribution in [1.82, 2.24) is 14.9 Å². The lowest BCUT2D eigenvalue weighted by atomic mass is 10.1. The molecule has 1 saturated heterocycles. The van der Waals surface area contributed by atoms with Crippen LogP contribution in [0.4, 0.5) is 4.39 Å². The van der Waals surface area contributed by atoms with Gasteiger partial charge in [0.25, 0.3) is 5.91 Å². The van der Waals surface area contributed by atoms with Gasteiger partial charge in [-0.05, 0) is 18.6 Å². The van der Waals surface area contributed by atoms with Crippen LogP contribution in [0.1, 0.15) is 16.8 Å². The molecule has 1 aliphatic rings. The molecule has 0 saturated carbocycles. The van der Waals surface area contributed by atoms with E-state index in [1.165, 1.54) is 18.5 Å². The molecule has 1 fully saturated rings. The number of fused-ring (bicyclic) bond motifs is 1. The van der Waals surface area contributed by atoms with Crippen LogP contribution in [0.15, 0.2) is 18.5 Å². The highest BCUT2D eigenvalue weighted by Crippen LogP contribution is 2.20. The van der Waals surface area contributed by atoms with Gasteiger partial charge in [-0.25, -0.2) is 9.37 Å². The van der Waals surface area contributed by atoms with Gasteiger partial charge in [-0.2, -0.15) is 0 Å². The second-order valence-electron chi connectivity index (χ2n) is 4.55. The molecule has 3 rings (SSSR count). The molecule has 94 valence electrons. The number of aromatic amines is 1. The molecule has 1 atom stereocenters. The quantitative estimate of drug-likeness (QED) is 0.786. The zero-order valence-electron chi connectivity index (χ0n) is 9.69. The normalized spacial score (nSPS) is 19.7. The molecular formula is C12H13FN4O. The van der Waals surface area contributed by atoms with E-state index in [2.05, 4.69) is 9.97 Å². The van der Waals surface area contributed by atoms with E-state index in [1.807, 2.05) is 0 Å². The third kappa shape index (κ3) is 1.74. The Morgan fingerprint density at radius 3 is 3.11 bits per heavy atom. The first-order valence-corrected chi connectivity index (χ1v) is 5.82. The highest BCUT2D eigenvalue weighted by atomic mass is 19.1. The van der Waals surface area contributed by atoms with Crippen LogP contribution in [0.3, 0.4) is 0 Å². The molecule has 0 unspecified atom stereocenters. The smallest absolute Gasteiger partial charge is 0.256 e. The number of aromatic nitrogens is 2. The molecule has 0 aliphatic carbocycles. The fourth-order valence-electron chi connectivity index (χ4n) is 2.32. The van der Waals surface area contributed by atoms with Crippen molar-refractivity contribution in [1.29, 1.82) is 0 Å². The fourth-order valence-corrected chi connectivity index (χ4v) is 2.32. The van der Waals surface area contributed by atoms with Gasteiger partial charge in [-0.1, -0.05) is 0 Å². The van der Waals surface area contributed by atoms with E-state index >= 15 is 0 Å². The van der Waals surface area contributed by atoms with Crippen molar-refractivity contribution in [3.8, 4) is 0 Å². The number of likely N-dealkylation sites (tertiary alicyclic amines) is 1. The van der Waals surface area contributed by atoms with Gasteiger partial charge in [0.15, 0.2) is 0 Å². The van der Waals surface area contributed by atoms with Gasteiger partial charge in [-0.3, -0.25) is 4.79 Å². The van der Waals surface area contributed by atoms with Crippen LogP contribution >= 0.6 is 0 Å². The molecule has 18 heavy (non-hydrogen) atoms. The summed E-state index contributed by atoms with van der Waals surface area (Å²) in [7, 11) is 0. The van der Waals surface area contributed by atoms with Gasteiger partial charge >= 0.3 is 0 Å². The van der Waals surface area contributed by atoms with Crippen LogP contribution < -0.4 is 5.73 Å². The number of halogens is 1. The van der Waals surface area contributed by atoms with E-state index in [-0.39, 0.29) is 11.9 Å². The van der Waals surface area contributed by atoms with Crippen LogP contribution in [0, 0.1) is 5.82 Å². The van der Waals surface area contributed by atoms with Gasteiger partial charge in [0, 0.05) is 19.1 Å². The predicted molar refractivity (Wildman–Crippen MR) is 64.5 cm³/mol. The van der Waals surface area contributed by atoms with Crippen molar-refractivity contribution in [2.75, 3.05) is 13.1 Å². The SMILES string of the molecule is N[C@@H]1CCN(C(=O)c2cc(F)cc3[nH]cnc23)C1. The third-order valence-corrected chi connectivity index (χ3v) is 3.23. The molecule has 5 nitrogen and oxygen atoms in total. The number of nitrogens with two attached hydrogens (primary N) is 1. The van der Waals surface area contributed by atoms with E-state index < -0.39 is 5.82 Å². The molecule has 1 aliphatic heterocycles. The number of benzene rings is 1. The molecule has 6 heteroatoms. The van der Waals surface area contributed by atoms with Gasteiger partial charge in [0.1, 0.15) is 11.3 Å². The summed E-state index contributed by atoms with van der Waals surface area (Å²) in [5.74, 6) is -0.654. The zero-order valence-corrected chi connectivity index (χ0v) is 9.69. The topological polar surface area (TPSA) is 75.0 Å². The standard InChI is InChI=1S/C12H13FN4O/c13-7-3-9(11-10(4-7)15-6-16-11)12(18)17-2-1-8(14)5-17/h3-4,6,8H,1-2,5,14H2,(H,15,16)/t8-/m1/s1. The van der Waals surface area contributed by atoms with Crippen molar-refractivity contribution in [2.24, 2.45) is 5.73 Å². The lowest BCUT2D eigenvalue weighted by Crippen LogP contribution is -2.32. The molecule has 0 spiro atoms. The Morgan fingerprint density at radius 2 is 2.39 bits per heavy atom. The summed E-state index contributed by atoms with van der Waals surface area (Å²) in [5.41, 5.74) is 7.10. The number of hydrogen-bond donors (Lipinski definition) is 2. The Morgan fingerprint density at radius 1 is 1.56 bits per heavy atom. The summed E-state index contributed by atoms with van der Waals surface area (Å²) in [6.45, 7) is 1.13. The summed E-state index contributed by atoms with van der Waals surface area (Å²) < 4.78 is 13.5. The minimum absolute atomic E-state index is 0.0113. The summed E-state index contributed by atoms with van der Waals surface area (Å²) in [4.78, 5) is 20.8. The number of rotatable bonds is 1. The molecular weight excluding hydrogens is 235 g/mol. The maximum absolute atomic E-state index is 13.5. The first kappa shape index (κ1) is 11.2. The predicted octanol–water partition coefficient (Wildman–Crippen LogP) is 0.875. The number of H-pyrrole nitrogens is 1. The number of nitrogens with one attached hydrogen (secondary N) is 1. The summed E-state index contributed by atoms with van der Waals surface area (Å²) in [6.07, 6.45) is 2.24. The first-order valence-electron chi connectivity index (χ1n) is 5.82. The van der Waals surface area contributed by atoms with Crippen molar-refractivity contribution in [3.05, 3.63) is 29.8 Å². The molecule has 1 amide bonds. The van der Waals surface area contributed by atoms with Crippen LogP contribution in [0.5, 0.6) is 0 Å². The van der Waals surface area contributed by atoms with Crippen molar-refractivity contribution < 1.29 is 9.18 Å². The number of nitrogens with zero attached hydrogens (tertiary/aromatic N) is 2. The number of imidazole rings is 1. The number of amides is 1. The lowest BCUT2D eigenvalue weighted by molar-refractivity contribution is 0.0792. The average Bonchev–Trinajstić information content (AvgIpc) is 2.95. The minimum Gasteiger partial charge on any atom is -0.344 e. The van der Waals surface area contributed by atoms with Gasteiger partial charge < -0.3 is 15.6 Å². The van der Waals surface area contributed by atoms with Crippen molar-refractivity contribution in [2.45, 2.75) is 12.5 Å². The lowest BCUT2D eigenvalue weighted by Gasteiger charge is -2.16. The Bertz CT molecular complexity index is 609. The second kappa shape index (κ2) is 4.06. The molecule has 0 bridgehead atoms. The van der Waals surface area contributed by atoms with Crippen molar-refractivity contribution >= 4 is 16.9 Å². The largest absolute Gasteiger partial charge is 0.344 e. The zero-order chi connectivity index (χ0) is 12.7. The number of carbonyl (C=O) groups is 1. The minimum atomic E-state index is -0.446. The van der Waals surface area contributed by atoms with Gasteiger partial charge in [-0.15, -0.1) is 0 Å². The Kier molecular flexibility index (Phi) is 2.52. The maximum atomic E-state index is 13.5. The molecule has 1 aromatic heterocycles. The third-order valence-electron chi connectivity index (χ3n) is 3.23. The van der Waals surface area contributed by atoms with E-state index in [1.54, 1.807) is 4.90 Å². The van der Waals surface area contributed by atoms with E-state index in [0.717, 1.165) is 6.42 Å². The first-order chi connectivity index (χ1) is 8.65. The molecule has 2 aromatic rings. The van der Waals surface area contributed by atoms with Crippen LogP contribution in [-0.4, -0.2) is 39.9 Å². The maximum Gasteiger partial charge on any atom is 0.256 e. The molecule has 2 heterocycles. The number of carbonyl (C=O) groups excluding carboxylic acids is 1. The van der Waals surface area contributed by atoms with E-state index in [0.29, 0.717) is 29.7 Å². The number of hydrogen-bond acceptors (Lipinski definition) is 3. The van der Waals surface area contributed by atoms with Crippen LogP contribution in [-0.2, 0) is 0 Å². The highest BCUT2D eigenvalue weighted by molar-refractivity contribution is 6.04. The average molecular weight is 248 g/mol. The summed E-state index contributed by atoms with van der Waals surface area (Å²) in [6, 6.07) is 2.57. The Labute approximate surface area is 103 Å². The van der Waals surface area contributed by atoms with E-state index in [4.69, 9.17) is 5.73 Å². The monoisotopic (exact) mass is 248 g/mol. The molecule has 0 radical (unpaired) electrons. The van der Waals surface area contributed by atoms with E-state index in [9.17, 15) is 9.18 Å². The van der Waals surface area contributed by atoms with Crippen LogP contribution in [0.25, 0.3) is 11.0 Å². The Hall–Kier alpha value is -1.95. The highest BCUT2D eigenvalue weighted by Gasteiger charge is 2.26. The van der Waals surface area contributed by atoms with Crippen molar-refractivity contribution in [3.63, 3.8) is 0 Å². The molecule has 1 aromatic carbocycles. The van der Waals surface area contributed by atoms with Gasteiger partial charge in [0.05, 0.1) is 17.4 Å².